The van der Waals surface area contributed by atoms with Crippen molar-refractivity contribution in [3.8, 4) is 16.9 Å². The molecule has 1 aromatic heterocycles. The molecule has 0 spiro atoms. The normalized spacial score (nSPS) is 10.4. The van der Waals surface area contributed by atoms with E-state index < -0.39 is 0 Å². The van der Waals surface area contributed by atoms with Gasteiger partial charge in [0.25, 0.3) is 5.91 Å². The number of aryl methyl sites for hydroxylation is 1. The van der Waals surface area contributed by atoms with Gasteiger partial charge in [0.1, 0.15) is 5.75 Å². The van der Waals surface area contributed by atoms with E-state index in [1.165, 1.54) is 0 Å². The first-order chi connectivity index (χ1) is 16.4. The number of carbonyl (C=O) groups excluding carboxylic acids is 1. The van der Waals surface area contributed by atoms with Gasteiger partial charge >= 0.3 is 0 Å². The fourth-order valence-electron chi connectivity index (χ4n) is 3.53. The average Bonchev–Trinajstić information content (AvgIpc) is 2.84. The highest BCUT2D eigenvalue weighted by molar-refractivity contribution is 6.09. The Hall–Kier alpha value is -4.00. The van der Waals surface area contributed by atoms with Crippen LogP contribution in [-0.2, 0) is 0 Å². The molecule has 0 unspecified atom stereocenters. The Balaban J connectivity index is 0.00000158. The topological polar surface area (TPSA) is 76.1 Å². The van der Waals surface area contributed by atoms with Gasteiger partial charge in [0.2, 0.25) is 5.95 Å². The maximum Gasteiger partial charge on any atom is 0.256 e. The number of benzene rings is 3. The van der Waals surface area contributed by atoms with Gasteiger partial charge in [-0.1, -0.05) is 29.8 Å². The molecule has 0 aliphatic heterocycles. The quantitative estimate of drug-likeness (QED) is 0.355. The minimum absolute atomic E-state index is 0.0609. The summed E-state index contributed by atoms with van der Waals surface area (Å²) in [6.07, 6.45) is 1.85. The summed E-state index contributed by atoms with van der Waals surface area (Å²) in [5.74, 6) is 1.12. The van der Waals surface area contributed by atoms with Gasteiger partial charge in [-0.05, 0) is 62.2 Å². The van der Waals surface area contributed by atoms with Crippen LogP contribution in [0.15, 0.2) is 66.9 Å². The molecule has 4 aromatic rings. The second-order valence-electron chi connectivity index (χ2n) is 7.91. The Morgan fingerprint density at radius 1 is 1.03 bits per heavy atom. The van der Waals surface area contributed by atoms with E-state index in [4.69, 9.17) is 4.74 Å². The number of fused-ring (bicyclic) bond motifs is 1. The molecule has 34 heavy (non-hydrogen) atoms. The van der Waals surface area contributed by atoms with E-state index in [-0.39, 0.29) is 12.0 Å². The zero-order valence-corrected chi connectivity index (χ0v) is 20.0. The molecule has 0 saturated heterocycles. The number of carbonyl (C=O) groups is 1. The Bertz CT molecular complexity index is 1290. The van der Waals surface area contributed by atoms with Crippen LogP contribution in [0.5, 0.6) is 5.75 Å². The Morgan fingerprint density at radius 2 is 1.82 bits per heavy atom. The van der Waals surface area contributed by atoms with Crippen LogP contribution >= 0.6 is 0 Å². The van der Waals surface area contributed by atoms with Crippen molar-refractivity contribution in [1.29, 1.82) is 0 Å². The molecule has 0 atom stereocenters. The lowest BCUT2D eigenvalue weighted by Crippen LogP contribution is -2.13. The summed E-state index contributed by atoms with van der Waals surface area (Å²) in [6, 6.07) is 19.2. The molecule has 7 heteroatoms. The Kier molecular flexibility index (Phi) is 8.14. The van der Waals surface area contributed by atoms with Crippen LogP contribution in [-0.4, -0.2) is 36.2 Å². The number of aromatic nitrogens is 2. The molecular weight excluding hydrogens is 431 g/mol. The van der Waals surface area contributed by atoms with E-state index in [2.05, 4.69) is 20.6 Å². The van der Waals surface area contributed by atoms with Crippen molar-refractivity contribution in [3.05, 3.63) is 78.0 Å². The van der Waals surface area contributed by atoms with Crippen molar-refractivity contribution in [2.24, 2.45) is 0 Å². The van der Waals surface area contributed by atoms with Gasteiger partial charge in [0, 0.05) is 35.9 Å². The lowest BCUT2D eigenvalue weighted by molar-refractivity contribution is 0.102. The summed E-state index contributed by atoms with van der Waals surface area (Å²) >= 11 is 0. The van der Waals surface area contributed by atoms with Crippen LogP contribution in [0.4, 0.5) is 16.0 Å². The fourth-order valence-corrected chi connectivity index (χ4v) is 3.53. The molecule has 0 aliphatic rings. The molecular formula is C27H29FN4O2. The maximum absolute atomic E-state index is 13.2. The average molecular weight is 461 g/mol. The predicted molar refractivity (Wildman–Crippen MR) is 136 cm³/mol. The molecule has 0 fully saturated rings. The number of nitrogens with zero attached hydrogens (tertiary/aromatic N) is 2. The van der Waals surface area contributed by atoms with Crippen LogP contribution in [0.25, 0.3) is 22.0 Å². The van der Waals surface area contributed by atoms with Crippen molar-refractivity contribution in [3.63, 3.8) is 0 Å². The lowest BCUT2D eigenvalue weighted by Gasteiger charge is -2.14. The van der Waals surface area contributed by atoms with E-state index in [0.717, 1.165) is 33.3 Å². The molecule has 0 radical (unpaired) electrons. The third kappa shape index (κ3) is 5.86. The van der Waals surface area contributed by atoms with Crippen LogP contribution in [0.3, 0.4) is 0 Å². The van der Waals surface area contributed by atoms with Gasteiger partial charge in [0.15, 0.2) is 0 Å². The molecule has 1 heterocycles. The van der Waals surface area contributed by atoms with Crippen molar-refractivity contribution in [1.82, 2.24) is 9.97 Å². The molecule has 2 N–H and O–H groups in total. The number of rotatable bonds is 6. The number of alkyl halides is 1. The van der Waals surface area contributed by atoms with Gasteiger partial charge in [0.05, 0.1) is 18.8 Å². The van der Waals surface area contributed by atoms with E-state index in [1.54, 1.807) is 13.2 Å². The predicted octanol–water partition coefficient (Wildman–Crippen LogP) is 6.27. The monoisotopic (exact) mass is 460 g/mol. The molecule has 0 bridgehead atoms. The van der Waals surface area contributed by atoms with Gasteiger partial charge in [-0.2, -0.15) is 0 Å². The molecule has 3 aromatic carbocycles. The highest BCUT2D eigenvalue weighted by Crippen LogP contribution is 2.29. The van der Waals surface area contributed by atoms with E-state index in [9.17, 15) is 9.18 Å². The van der Waals surface area contributed by atoms with Crippen molar-refractivity contribution in [2.45, 2.75) is 26.9 Å². The highest BCUT2D eigenvalue weighted by Gasteiger charge is 2.15. The first-order valence-corrected chi connectivity index (χ1v) is 10.9. The highest BCUT2D eigenvalue weighted by atomic mass is 19.1. The molecule has 1 amide bonds. The van der Waals surface area contributed by atoms with E-state index in [0.29, 0.717) is 24.4 Å². The van der Waals surface area contributed by atoms with E-state index >= 15 is 0 Å². The van der Waals surface area contributed by atoms with Gasteiger partial charge in [-0.3, -0.25) is 9.18 Å². The summed E-state index contributed by atoms with van der Waals surface area (Å²) in [6.45, 7) is 5.96. The van der Waals surface area contributed by atoms with Crippen molar-refractivity contribution < 1.29 is 13.9 Å². The smallest absolute Gasteiger partial charge is 0.256 e. The Morgan fingerprint density at radius 3 is 2.56 bits per heavy atom. The minimum Gasteiger partial charge on any atom is -0.491 e. The number of hydrogen-bond acceptors (Lipinski definition) is 5. The largest absolute Gasteiger partial charge is 0.491 e. The van der Waals surface area contributed by atoms with Crippen LogP contribution in [0.2, 0.25) is 0 Å². The third-order valence-corrected chi connectivity index (χ3v) is 5.00. The van der Waals surface area contributed by atoms with Crippen LogP contribution < -0.4 is 15.4 Å². The summed E-state index contributed by atoms with van der Waals surface area (Å²) in [5, 5.41) is 6.86. The molecule has 0 aliphatic carbocycles. The third-order valence-electron chi connectivity index (χ3n) is 5.00. The standard InChI is InChI=1S/C26H26N4O2.CH3F/c1-16(2)32-21-7-5-6-20(14-21)29-25(31)22-10-8-17(3)12-23(22)18-9-11-24-19(13-18)15-28-26(27-4)30-24;1-2/h5-16H,1-4H3,(H,29,31)(H,27,28,30);1H3. The first-order valence-electron chi connectivity index (χ1n) is 10.9. The first kappa shape index (κ1) is 24.6. The van der Waals surface area contributed by atoms with Gasteiger partial charge < -0.3 is 15.4 Å². The zero-order chi connectivity index (χ0) is 24.7. The maximum atomic E-state index is 13.2. The van der Waals surface area contributed by atoms with Crippen molar-refractivity contribution in [2.75, 3.05) is 24.9 Å². The molecule has 6 nitrogen and oxygen atoms in total. The second kappa shape index (κ2) is 11.2. The summed E-state index contributed by atoms with van der Waals surface area (Å²) in [4.78, 5) is 22.0. The lowest BCUT2D eigenvalue weighted by atomic mass is 9.96. The zero-order valence-electron chi connectivity index (χ0n) is 20.0. The summed E-state index contributed by atoms with van der Waals surface area (Å²) in [7, 11) is 2.29. The van der Waals surface area contributed by atoms with Gasteiger partial charge in [-0.25, -0.2) is 9.97 Å². The Labute approximate surface area is 199 Å². The molecule has 176 valence electrons. The number of nitrogens with one attached hydrogen (secondary N) is 2. The number of anilines is 2. The van der Waals surface area contributed by atoms with Gasteiger partial charge in [-0.15, -0.1) is 0 Å². The second-order valence-corrected chi connectivity index (χ2v) is 7.91. The minimum atomic E-state index is -0.177. The number of halogens is 1. The molecule has 4 rings (SSSR count). The molecule has 0 saturated carbocycles. The fraction of sp³-hybridized carbons (Fsp3) is 0.222. The summed E-state index contributed by atoms with van der Waals surface area (Å²) in [5.41, 5.74) is 4.99. The van der Waals surface area contributed by atoms with Crippen molar-refractivity contribution >= 4 is 28.4 Å². The number of hydrogen-bond donors (Lipinski definition) is 2. The van der Waals surface area contributed by atoms with Crippen LogP contribution in [0.1, 0.15) is 29.8 Å². The number of amides is 1. The van der Waals surface area contributed by atoms with Crippen LogP contribution in [0, 0.1) is 6.92 Å². The summed E-state index contributed by atoms with van der Waals surface area (Å²) < 4.78 is 15.2. The van der Waals surface area contributed by atoms with E-state index in [1.807, 2.05) is 81.4 Å². The SMILES string of the molecule is CF.CNc1ncc2cc(-c3cc(C)ccc3C(=O)Nc3cccc(OC(C)C)c3)ccc2n1. The number of ether oxygens (including phenoxy) is 1.